The highest BCUT2D eigenvalue weighted by molar-refractivity contribution is 9.10. The van der Waals surface area contributed by atoms with Crippen LogP contribution in [0.2, 0.25) is 0 Å². The molecule has 0 saturated heterocycles. The third kappa shape index (κ3) is 4.63. The highest BCUT2D eigenvalue weighted by atomic mass is 79.9. The number of benzene rings is 1. The molecule has 1 amide bonds. The first-order valence-corrected chi connectivity index (χ1v) is 6.59. The molecule has 1 atom stereocenters. The third-order valence-corrected chi connectivity index (χ3v) is 3.10. The van der Waals surface area contributed by atoms with E-state index in [0.717, 1.165) is 6.07 Å². The first kappa shape index (κ1) is 15.6. The molecule has 1 rings (SSSR count). The average molecular weight is 332 g/mol. The molecule has 1 aromatic carbocycles. The summed E-state index contributed by atoms with van der Waals surface area (Å²) in [5.41, 5.74) is 0.211. The van der Waals surface area contributed by atoms with Crippen LogP contribution in [0.1, 0.15) is 30.6 Å². The van der Waals surface area contributed by atoms with Gasteiger partial charge in [0, 0.05) is 5.56 Å². The normalized spacial score (nSPS) is 12.3. The molecule has 0 aliphatic heterocycles. The Kier molecular flexibility index (Phi) is 5.47. The predicted octanol–water partition coefficient (Wildman–Crippen LogP) is 2.82. The van der Waals surface area contributed by atoms with Gasteiger partial charge in [-0.2, -0.15) is 0 Å². The molecule has 0 saturated carbocycles. The van der Waals surface area contributed by atoms with Gasteiger partial charge in [0.2, 0.25) is 0 Å². The average Bonchev–Trinajstić information content (AvgIpc) is 2.31. The molecule has 0 aromatic heterocycles. The first-order valence-electron chi connectivity index (χ1n) is 5.80. The number of amides is 1. The van der Waals surface area contributed by atoms with Gasteiger partial charge in [-0.05, 0) is 46.5 Å². The van der Waals surface area contributed by atoms with Gasteiger partial charge < -0.3 is 10.4 Å². The summed E-state index contributed by atoms with van der Waals surface area (Å²) in [5.74, 6) is -1.95. The van der Waals surface area contributed by atoms with E-state index in [-0.39, 0.29) is 16.0 Å². The van der Waals surface area contributed by atoms with Crippen LogP contribution in [0.4, 0.5) is 4.39 Å². The number of carbonyl (C=O) groups excluding carboxylic acids is 1. The Hall–Kier alpha value is -1.43. The van der Waals surface area contributed by atoms with E-state index < -0.39 is 23.7 Å². The molecule has 1 aromatic rings. The van der Waals surface area contributed by atoms with Crippen LogP contribution in [-0.4, -0.2) is 23.0 Å². The SMILES string of the molecule is CC(C)CC(NC(=O)c1ccc(F)c(Br)c1)C(=O)O. The van der Waals surface area contributed by atoms with Crippen molar-refractivity contribution >= 4 is 27.8 Å². The van der Waals surface area contributed by atoms with Crippen LogP contribution in [0.25, 0.3) is 0 Å². The quantitative estimate of drug-likeness (QED) is 0.871. The fraction of sp³-hybridized carbons (Fsp3) is 0.385. The molecule has 0 bridgehead atoms. The van der Waals surface area contributed by atoms with Gasteiger partial charge >= 0.3 is 5.97 Å². The molecule has 1 unspecified atom stereocenters. The van der Waals surface area contributed by atoms with Crippen molar-refractivity contribution in [3.8, 4) is 0 Å². The fourth-order valence-corrected chi connectivity index (χ4v) is 1.95. The van der Waals surface area contributed by atoms with Gasteiger partial charge in [0.05, 0.1) is 4.47 Å². The van der Waals surface area contributed by atoms with Crippen LogP contribution in [0.15, 0.2) is 22.7 Å². The maximum atomic E-state index is 13.1. The molecule has 0 spiro atoms. The van der Waals surface area contributed by atoms with E-state index in [1.165, 1.54) is 12.1 Å². The van der Waals surface area contributed by atoms with Crippen molar-refractivity contribution in [2.75, 3.05) is 0 Å². The molecule has 104 valence electrons. The molecule has 0 aliphatic rings. The van der Waals surface area contributed by atoms with Gasteiger partial charge in [0.25, 0.3) is 5.91 Å². The number of halogens is 2. The largest absolute Gasteiger partial charge is 0.480 e. The lowest BCUT2D eigenvalue weighted by molar-refractivity contribution is -0.139. The molecule has 0 radical (unpaired) electrons. The van der Waals surface area contributed by atoms with Crippen molar-refractivity contribution in [3.63, 3.8) is 0 Å². The van der Waals surface area contributed by atoms with Crippen molar-refractivity contribution in [1.82, 2.24) is 5.32 Å². The van der Waals surface area contributed by atoms with Crippen LogP contribution in [0.3, 0.4) is 0 Å². The summed E-state index contributed by atoms with van der Waals surface area (Å²) in [4.78, 5) is 22.9. The zero-order chi connectivity index (χ0) is 14.6. The number of hydrogen-bond donors (Lipinski definition) is 2. The van der Waals surface area contributed by atoms with Crippen LogP contribution in [-0.2, 0) is 4.79 Å². The van der Waals surface area contributed by atoms with Crippen molar-refractivity contribution in [1.29, 1.82) is 0 Å². The van der Waals surface area contributed by atoms with Crippen LogP contribution >= 0.6 is 15.9 Å². The number of carbonyl (C=O) groups is 2. The Morgan fingerprint density at radius 3 is 2.53 bits per heavy atom. The maximum Gasteiger partial charge on any atom is 0.326 e. The second kappa shape index (κ2) is 6.65. The number of rotatable bonds is 5. The standard InChI is InChI=1S/C13H15BrFNO3/c1-7(2)5-11(13(18)19)16-12(17)8-3-4-10(15)9(14)6-8/h3-4,6-7,11H,5H2,1-2H3,(H,16,17)(H,18,19). The molecular weight excluding hydrogens is 317 g/mol. The lowest BCUT2D eigenvalue weighted by atomic mass is 10.0. The third-order valence-electron chi connectivity index (χ3n) is 2.49. The van der Waals surface area contributed by atoms with Crippen LogP contribution in [0.5, 0.6) is 0 Å². The summed E-state index contributed by atoms with van der Waals surface area (Å²) < 4.78 is 13.2. The van der Waals surface area contributed by atoms with Gasteiger partial charge in [-0.15, -0.1) is 0 Å². The van der Waals surface area contributed by atoms with Crippen molar-refractivity contribution in [2.24, 2.45) is 5.92 Å². The summed E-state index contributed by atoms with van der Waals surface area (Å²) in [5, 5.41) is 11.5. The second-order valence-corrected chi connectivity index (χ2v) is 5.48. The summed E-state index contributed by atoms with van der Waals surface area (Å²) in [6.07, 6.45) is 0.337. The van der Waals surface area contributed by atoms with Gasteiger partial charge in [0.1, 0.15) is 11.9 Å². The number of aliphatic carboxylic acids is 1. The van der Waals surface area contributed by atoms with Gasteiger partial charge in [-0.1, -0.05) is 13.8 Å². The van der Waals surface area contributed by atoms with Crippen molar-refractivity contribution in [3.05, 3.63) is 34.1 Å². The minimum atomic E-state index is -1.08. The molecule has 4 nitrogen and oxygen atoms in total. The zero-order valence-corrected chi connectivity index (χ0v) is 12.2. The van der Waals surface area contributed by atoms with Gasteiger partial charge in [-0.3, -0.25) is 4.79 Å². The molecular formula is C13H15BrFNO3. The number of nitrogens with one attached hydrogen (secondary N) is 1. The molecule has 2 N–H and O–H groups in total. The molecule has 19 heavy (non-hydrogen) atoms. The zero-order valence-electron chi connectivity index (χ0n) is 10.6. The lowest BCUT2D eigenvalue weighted by Crippen LogP contribution is -2.41. The van der Waals surface area contributed by atoms with E-state index in [1.807, 2.05) is 13.8 Å². The molecule has 0 fully saturated rings. The summed E-state index contributed by atoms with van der Waals surface area (Å²) >= 11 is 2.98. The fourth-order valence-electron chi connectivity index (χ4n) is 1.57. The Morgan fingerprint density at radius 1 is 1.42 bits per heavy atom. The van der Waals surface area contributed by atoms with Gasteiger partial charge in [-0.25, -0.2) is 9.18 Å². The first-order chi connectivity index (χ1) is 8.81. The van der Waals surface area contributed by atoms with E-state index in [4.69, 9.17) is 5.11 Å². The monoisotopic (exact) mass is 331 g/mol. The Balaban J connectivity index is 2.81. The Bertz CT molecular complexity index is 491. The summed E-state index contributed by atoms with van der Waals surface area (Å²) in [6.45, 7) is 3.74. The Morgan fingerprint density at radius 2 is 2.05 bits per heavy atom. The number of carboxylic acids is 1. The number of hydrogen-bond acceptors (Lipinski definition) is 2. The summed E-state index contributed by atoms with van der Waals surface area (Å²) in [7, 11) is 0. The predicted molar refractivity (Wildman–Crippen MR) is 72.4 cm³/mol. The minimum Gasteiger partial charge on any atom is -0.480 e. The summed E-state index contributed by atoms with van der Waals surface area (Å²) in [6, 6.07) is 2.83. The van der Waals surface area contributed by atoms with E-state index in [9.17, 15) is 14.0 Å². The highest BCUT2D eigenvalue weighted by Crippen LogP contribution is 2.17. The lowest BCUT2D eigenvalue weighted by Gasteiger charge is -2.16. The minimum absolute atomic E-state index is 0.140. The Labute approximate surface area is 119 Å². The number of carboxylic acid groups (broad SMARTS) is 1. The molecule has 6 heteroatoms. The van der Waals surface area contributed by atoms with Crippen molar-refractivity contribution < 1.29 is 19.1 Å². The highest BCUT2D eigenvalue weighted by Gasteiger charge is 2.21. The molecule has 0 heterocycles. The van der Waals surface area contributed by atoms with Crippen LogP contribution < -0.4 is 5.32 Å². The van der Waals surface area contributed by atoms with E-state index in [1.54, 1.807) is 0 Å². The van der Waals surface area contributed by atoms with E-state index in [2.05, 4.69) is 21.2 Å². The second-order valence-electron chi connectivity index (χ2n) is 4.62. The van der Waals surface area contributed by atoms with E-state index >= 15 is 0 Å². The molecule has 0 aliphatic carbocycles. The smallest absolute Gasteiger partial charge is 0.326 e. The van der Waals surface area contributed by atoms with Crippen LogP contribution in [0, 0.1) is 11.7 Å². The van der Waals surface area contributed by atoms with Crippen molar-refractivity contribution in [2.45, 2.75) is 26.3 Å². The maximum absolute atomic E-state index is 13.1. The van der Waals surface area contributed by atoms with Gasteiger partial charge in [0.15, 0.2) is 0 Å². The topological polar surface area (TPSA) is 66.4 Å². The van der Waals surface area contributed by atoms with E-state index in [0.29, 0.717) is 6.42 Å².